The number of anilines is 3. The lowest BCUT2D eigenvalue weighted by Crippen LogP contribution is -2.24. The molecule has 0 saturated carbocycles. The van der Waals surface area contributed by atoms with Gasteiger partial charge in [0.2, 0.25) is 10.0 Å². The van der Waals surface area contributed by atoms with Crippen LogP contribution in [0.2, 0.25) is 0 Å². The fourth-order valence-electron chi connectivity index (χ4n) is 2.70. The van der Waals surface area contributed by atoms with E-state index in [0.717, 1.165) is 11.0 Å². The number of nitrogen functional groups attached to an aromatic ring is 1. The fourth-order valence-corrected chi connectivity index (χ4v) is 4.75. The van der Waals surface area contributed by atoms with Crippen molar-refractivity contribution in [2.45, 2.75) is 6.42 Å². The molecule has 28 heavy (non-hydrogen) atoms. The number of nitro benzene ring substituents is 1. The zero-order valence-corrected chi connectivity index (χ0v) is 16.0. The van der Waals surface area contributed by atoms with Crippen LogP contribution in [-0.4, -0.2) is 27.5 Å². The Morgan fingerprint density at radius 2 is 1.71 bits per heavy atom. The van der Waals surface area contributed by atoms with Crippen molar-refractivity contribution in [3.8, 4) is 0 Å². The first-order valence-electron chi connectivity index (χ1n) is 7.94. The van der Waals surface area contributed by atoms with Gasteiger partial charge in [0, 0.05) is 11.6 Å². The summed E-state index contributed by atoms with van der Waals surface area (Å²) in [5.74, 6) is 0.142. The van der Waals surface area contributed by atoms with Crippen LogP contribution < -0.4 is 15.2 Å². The van der Waals surface area contributed by atoms with Gasteiger partial charge in [-0.25, -0.2) is 16.8 Å². The zero-order chi connectivity index (χ0) is 20.5. The second-order valence-corrected chi connectivity index (χ2v) is 9.41. The summed E-state index contributed by atoms with van der Waals surface area (Å²) in [6, 6.07) is 9.75. The Morgan fingerprint density at radius 3 is 2.43 bits per heavy atom. The Bertz CT molecular complexity index is 1190. The van der Waals surface area contributed by atoms with Gasteiger partial charge in [0.1, 0.15) is 5.69 Å². The molecule has 0 bridgehead atoms. The van der Waals surface area contributed by atoms with E-state index >= 15 is 0 Å². The topological polar surface area (TPSA) is 162 Å². The Kier molecular flexibility index (Phi) is 5.00. The van der Waals surface area contributed by atoms with Crippen molar-refractivity contribution in [3.05, 3.63) is 63.0 Å². The van der Waals surface area contributed by atoms with Crippen LogP contribution >= 0.6 is 0 Å². The molecule has 2 heterocycles. The molecule has 10 nitrogen and oxygen atoms in total. The predicted octanol–water partition coefficient (Wildman–Crippen LogP) is 1.89. The molecule has 148 valence electrons. The van der Waals surface area contributed by atoms with Crippen molar-refractivity contribution in [2.75, 3.05) is 20.9 Å². The Labute approximate surface area is 161 Å². The van der Waals surface area contributed by atoms with Gasteiger partial charge in [-0.05, 0) is 24.1 Å². The van der Waals surface area contributed by atoms with Gasteiger partial charge in [0.25, 0.3) is 15.7 Å². The van der Waals surface area contributed by atoms with E-state index in [1.807, 2.05) is 12.1 Å². The van der Waals surface area contributed by atoms with Crippen LogP contribution in [0.1, 0.15) is 11.1 Å². The second kappa shape index (κ2) is 7.13. The monoisotopic (exact) mass is 424 g/mol. The number of hydrogen-bond acceptors (Lipinski definition) is 7. The maximum absolute atomic E-state index is 11.2. The highest BCUT2D eigenvalue weighted by molar-refractivity contribution is 7.95. The SMILES string of the molecule is Nc1cccc2c1NS(=O)(=O)CC2.O=[N+]([O-])c1cccc2c1NS(=O)(=O)C=C2. The van der Waals surface area contributed by atoms with Crippen LogP contribution in [0.25, 0.3) is 6.08 Å². The summed E-state index contributed by atoms with van der Waals surface area (Å²) in [5, 5.41) is 11.6. The van der Waals surface area contributed by atoms with Crippen LogP contribution in [0.5, 0.6) is 0 Å². The maximum Gasteiger partial charge on any atom is 0.293 e. The Balaban J connectivity index is 0.000000162. The first kappa shape index (κ1) is 19.6. The number of nitrogens with one attached hydrogen (secondary N) is 2. The number of para-hydroxylation sites is 2. The average molecular weight is 424 g/mol. The summed E-state index contributed by atoms with van der Waals surface area (Å²) in [6.07, 6.45) is 1.86. The molecule has 4 N–H and O–H groups in total. The number of nitrogens with two attached hydrogens (primary N) is 1. The van der Waals surface area contributed by atoms with E-state index in [0.29, 0.717) is 23.4 Å². The fraction of sp³-hybridized carbons (Fsp3) is 0.125. The largest absolute Gasteiger partial charge is 0.397 e. The second-order valence-electron chi connectivity index (χ2n) is 6.00. The van der Waals surface area contributed by atoms with Crippen LogP contribution in [0.4, 0.5) is 22.7 Å². The van der Waals surface area contributed by atoms with E-state index in [-0.39, 0.29) is 17.1 Å². The van der Waals surface area contributed by atoms with Gasteiger partial charge < -0.3 is 5.73 Å². The molecule has 0 aromatic heterocycles. The number of sulfonamides is 2. The lowest BCUT2D eigenvalue weighted by molar-refractivity contribution is -0.383. The van der Waals surface area contributed by atoms with E-state index in [4.69, 9.17) is 5.73 Å². The number of nitrogens with zero attached hydrogens (tertiary/aromatic N) is 1. The number of hydrogen-bond donors (Lipinski definition) is 3. The quantitative estimate of drug-likeness (QED) is 0.358. The summed E-state index contributed by atoms with van der Waals surface area (Å²) in [5.41, 5.74) is 7.89. The molecule has 0 radical (unpaired) electrons. The van der Waals surface area contributed by atoms with Gasteiger partial charge in [-0.1, -0.05) is 24.3 Å². The van der Waals surface area contributed by atoms with E-state index in [1.165, 1.54) is 18.2 Å². The van der Waals surface area contributed by atoms with Gasteiger partial charge in [-0.2, -0.15) is 0 Å². The lowest BCUT2D eigenvalue weighted by atomic mass is 10.1. The van der Waals surface area contributed by atoms with E-state index in [1.54, 1.807) is 12.1 Å². The summed E-state index contributed by atoms with van der Waals surface area (Å²) in [7, 11) is -6.74. The molecular weight excluding hydrogens is 408 g/mol. The molecule has 2 aliphatic rings. The van der Waals surface area contributed by atoms with Crippen LogP contribution in [-0.2, 0) is 26.5 Å². The molecule has 0 fully saturated rings. The molecule has 0 saturated heterocycles. The summed E-state index contributed by atoms with van der Waals surface area (Å²) in [4.78, 5) is 10.0. The third-order valence-electron chi connectivity index (χ3n) is 4.02. The van der Waals surface area contributed by atoms with Gasteiger partial charge in [-0.15, -0.1) is 0 Å². The molecule has 0 atom stereocenters. The highest BCUT2D eigenvalue weighted by atomic mass is 32.2. The normalized spacial score (nSPS) is 17.6. The van der Waals surface area contributed by atoms with E-state index in [2.05, 4.69) is 9.44 Å². The van der Waals surface area contributed by atoms with Crippen LogP contribution in [0, 0.1) is 10.1 Å². The summed E-state index contributed by atoms with van der Waals surface area (Å²) in [6.45, 7) is 0. The predicted molar refractivity (Wildman–Crippen MR) is 107 cm³/mol. The number of rotatable bonds is 1. The molecular formula is C16H16N4O6S2. The van der Waals surface area contributed by atoms with Gasteiger partial charge >= 0.3 is 0 Å². The van der Waals surface area contributed by atoms with Crippen LogP contribution in [0.3, 0.4) is 0 Å². The molecule has 0 amide bonds. The molecule has 4 rings (SSSR count). The van der Waals surface area contributed by atoms with Gasteiger partial charge in [-0.3, -0.25) is 19.6 Å². The van der Waals surface area contributed by atoms with E-state index < -0.39 is 25.0 Å². The molecule has 2 aromatic rings. The van der Waals surface area contributed by atoms with Crippen molar-refractivity contribution in [1.82, 2.24) is 0 Å². The first-order chi connectivity index (χ1) is 13.1. The molecule has 0 spiro atoms. The molecule has 2 aromatic carbocycles. The minimum Gasteiger partial charge on any atom is -0.397 e. The van der Waals surface area contributed by atoms with Crippen molar-refractivity contribution >= 4 is 48.9 Å². The Morgan fingerprint density at radius 1 is 1.00 bits per heavy atom. The smallest absolute Gasteiger partial charge is 0.293 e. The minimum atomic E-state index is -3.59. The van der Waals surface area contributed by atoms with Gasteiger partial charge in [0.15, 0.2) is 0 Å². The first-order valence-corrected chi connectivity index (χ1v) is 11.1. The highest BCUT2D eigenvalue weighted by Gasteiger charge is 2.23. The zero-order valence-electron chi connectivity index (χ0n) is 14.3. The molecule has 2 aliphatic heterocycles. The average Bonchev–Trinajstić information content (AvgIpc) is 2.61. The third-order valence-corrected chi connectivity index (χ3v) is 6.26. The standard InChI is InChI=1S/C8H6N2O4S.C8H10N2O2S/c11-10(12)7-3-1-2-6-4-5-15(13,14)9-8(6)7;9-7-3-1-2-6-4-5-13(11,12)10-8(6)7/h1-5,9H;1-3,10H,4-5,9H2. The third kappa shape index (κ3) is 4.23. The number of fused-ring (bicyclic) bond motifs is 2. The summed E-state index contributed by atoms with van der Waals surface area (Å²) >= 11 is 0. The van der Waals surface area contributed by atoms with E-state index in [9.17, 15) is 26.9 Å². The maximum atomic E-state index is 11.2. The van der Waals surface area contributed by atoms with Gasteiger partial charge in [0.05, 0.1) is 27.5 Å². The Hall–Kier alpha value is -3.12. The number of aryl methyl sites for hydroxylation is 1. The van der Waals surface area contributed by atoms with Crippen molar-refractivity contribution in [1.29, 1.82) is 0 Å². The molecule has 12 heteroatoms. The van der Waals surface area contributed by atoms with Crippen LogP contribution in [0.15, 0.2) is 41.8 Å². The summed E-state index contributed by atoms with van der Waals surface area (Å²) < 4.78 is 49.3. The molecule has 0 aliphatic carbocycles. The van der Waals surface area contributed by atoms with Crippen molar-refractivity contribution in [3.63, 3.8) is 0 Å². The number of benzene rings is 2. The molecule has 0 unspecified atom stereocenters. The lowest BCUT2D eigenvalue weighted by Gasteiger charge is -2.19. The minimum absolute atomic E-state index is 0.0185. The van der Waals surface area contributed by atoms with Crippen molar-refractivity contribution in [2.24, 2.45) is 0 Å². The number of nitro groups is 1. The van der Waals surface area contributed by atoms with Crippen molar-refractivity contribution < 1.29 is 21.8 Å². The highest BCUT2D eigenvalue weighted by Crippen LogP contribution is 2.33.